The van der Waals surface area contributed by atoms with E-state index in [0.29, 0.717) is 11.3 Å². The molecule has 5 nitrogen and oxygen atoms in total. The van der Waals surface area contributed by atoms with Crippen LogP contribution in [0, 0.1) is 10.1 Å². The second kappa shape index (κ2) is 7.19. The van der Waals surface area contributed by atoms with Crippen LogP contribution in [0.15, 0.2) is 29.3 Å². The first kappa shape index (κ1) is 14.7. The summed E-state index contributed by atoms with van der Waals surface area (Å²) in [5, 5.41) is 11.7. The number of nitro groups is 1. The van der Waals surface area contributed by atoms with Gasteiger partial charge in [0.2, 0.25) is 0 Å². The summed E-state index contributed by atoms with van der Waals surface area (Å²) in [6, 6.07) is 5.88. The molecular weight excluding hydrogens is 276 g/mol. The van der Waals surface area contributed by atoms with E-state index >= 15 is 0 Å². The lowest BCUT2D eigenvalue weighted by Gasteiger charge is -2.03. The largest absolute Gasteiger partial charge is 0.293 e. The molecule has 6 heteroatoms. The topological polar surface area (TPSA) is 72.6 Å². The van der Waals surface area contributed by atoms with Crippen molar-refractivity contribution in [2.75, 3.05) is 12.3 Å². The average molecular weight is 292 g/mol. The minimum absolute atomic E-state index is 0.0485. The van der Waals surface area contributed by atoms with Crippen LogP contribution in [0.4, 0.5) is 5.69 Å². The van der Waals surface area contributed by atoms with Gasteiger partial charge < -0.3 is 0 Å². The zero-order chi connectivity index (χ0) is 14.4. The maximum Gasteiger partial charge on any atom is 0.270 e. The monoisotopic (exact) mass is 292 g/mol. The summed E-state index contributed by atoms with van der Waals surface area (Å²) >= 11 is 1.46. The molecule has 0 bridgehead atoms. The molecule has 1 heterocycles. The highest BCUT2D eigenvalue weighted by Crippen LogP contribution is 2.19. The van der Waals surface area contributed by atoms with Crippen molar-refractivity contribution >= 4 is 28.3 Å². The van der Waals surface area contributed by atoms with Crippen LogP contribution in [0.2, 0.25) is 0 Å². The first-order valence-electron chi connectivity index (χ1n) is 6.60. The van der Waals surface area contributed by atoms with Crippen molar-refractivity contribution in [2.45, 2.75) is 25.7 Å². The molecule has 0 spiro atoms. The fraction of sp³-hybridized carbons (Fsp3) is 0.429. The molecule has 0 N–H and O–H groups in total. The molecule has 0 saturated heterocycles. The molecular formula is C14H16N2O3S. The number of nitrogens with zero attached hydrogens (tertiary/aromatic N) is 2. The Morgan fingerprint density at radius 2 is 2.20 bits per heavy atom. The van der Waals surface area contributed by atoms with E-state index in [9.17, 15) is 14.9 Å². The van der Waals surface area contributed by atoms with E-state index in [-0.39, 0.29) is 11.5 Å². The summed E-state index contributed by atoms with van der Waals surface area (Å²) in [6.07, 6.45) is 4.36. The van der Waals surface area contributed by atoms with Gasteiger partial charge in [-0.15, -0.1) is 11.8 Å². The van der Waals surface area contributed by atoms with Crippen molar-refractivity contribution in [2.24, 2.45) is 4.99 Å². The predicted octanol–water partition coefficient (Wildman–Crippen LogP) is 3.48. The number of benzene rings is 1. The van der Waals surface area contributed by atoms with Gasteiger partial charge in [-0.05, 0) is 19.3 Å². The van der Waals surface area contributed by atoms with Gasteiger partial charge in [-0.3, -0.25) is 19.9 Å². The number of non-ortho nitro benzene ring substituents is 1. The number of carbonyl (C=O) groups is 1. The molecule has 0 aromatic heterocycles. The molecule has 0 amide bonds. The highest BCUT2D eigenvalue weighted by molar-refractivity contribution is 8.14. The molecule has 0 aliphatic carbocycles. The Hall–Kier alpha value is -1.69. The molecule has 20 heavy (non-hydrogen) atoms. The summed E-state index contributed by atoms with van der Waals surface area (Å²) in [6.45, 7) is 0.841. The second-order valence-corrected chi connectivity index (χ2v) is 5.65. The third-order valence-corrected chi connectivity index (χ3v) is 4.16. The fourth-order valence-corrected chi connectivity index (χ4v) is 2.93. The number of aliphatic imine (C=N–C) groups is 1. The normalized spacial score (nSPS) is 15.3. The summed E-state index contributed by atoms with van der Waals surface area (Å²) in [5.41, 5.74) is 0.341. The molecule has 0 unspecified atom stereocenters. The van der Waals surface area contributed by atoms with Crippen LogP contribution in [0.25, 0.3) is 0 Å². The first-order chi connectivity index (χ1) is 9.66. The van der Waals surface area contributed by atoms with Crippen LogP contribution in [0.3, 0.4) is 0 Å². The van der Waals surface area contributed by atoms with E-state index < -0.39 is 4.92 Å². The van der Waals surface area contributed by atoms with Gasteiger partial charge in [0, 0.05) is 24.2 Å². The van der Waals surface area contributed by atoms with E-state index in [4.69, 9.17) is 0 Å². The lowest BCUT2D eigenvalue weighted by Crippen LogP contribution is -2.06. The average Bonchev–Trinajstić information content (AvgIpc) is 2.73. The maximum atomic E-state index is 12.0. The van der Waals surface area contributed by atoms with E-state index in [2.05, 4.69) is 4.99 Å². The van der Waals surface area contributed by atoms with Crippen LogP contribution in [0.1, 0.15) is 36.0 Å². The smallest absolute Gasteiger partial charge is 0.270 e. The molecule has 0 atom stereocenters. The van der Waals surface area contributed by atoms with Gasteiger partial charge >= 0.3 is 0 Å². The Balaban J connectivity index is 1.96. The van der Waals surface area contributed by atoms with Crippen molar-refractivity contribution in [3.8, 4) is 0 Å². The van der Waals surface area contributed by atoms with Crippen LogP contribution in [-0.4, -0.2) is 28.0 Å². The minimum Gasteiger partial charge on any atom is -0.293 e. The molecule has 0 radical (unpaired) electrons. The number of rotatable bonds is 4. The van der Waals surface area contributed by atoms with Gasteiger partial charge in [0.15, 0.2) is 5.78 Å². The van der Waals surface area contributed by atoms with Crippen LogP contribution < -0.4 is 0 Å². The molecule has 106 valence electrons. The molecule has 1 aromatic carbocycles. The van der Waals surface area contributed by atoms with Crippen LogP contribution in [0.5, 0.6) is 0 Å². The van der Waals surface area contributed by atoms with Gasteiger partial charge in [0.1, 0.15) is 0 Å². The van der Waals surface area contributed by atoms with Gasteiger partial charge in [-0.1, -0.05) is 18.6 Å². The quantitative estimate of drug-likeness (QED) is 0.484. The van der Waals surface area contributed by atoms with Crippen LogP contribution >= 0.6 is 11.8 Å². The highest BCUT2D eigenvalue weighted by atomic mass is 32.2. The first-order valence-corrected chi connectivity index (χ1v) is 7.59. The van der Waals surface area contributed by atoms with Gasteiger partial charge in [-0.2, -0.15) is 0 Å². The third-order valence-electron chi connectivity index (χ3n) is 3.09. The molecule has 1 aromatic rings. The fourth-order valence-electron chi connectivity index (χ4n) is 1.99. The number of carbonyl (C=O) groups excluding carboxylic acids is 1. The molecule has 1 aliphatic rings. The van der Waals surface area contributed by atoms with E-state index in [0.717, 1.165) is 30.9 Å². The Morgan fingerprint density at radius 3 is 3.00 bits per heavy atom. The lowest BCUT2D eigenvalue weighted by atomic mass is 10.1. The van der Waals surface area contributed by atoms with Gasteiger partial charge in [0.05, 0.1) is 15.7 Å². The SMILES string of the molecule is O=C(CSC1=NCCCCC1)c1cccc([N+](=O)[O-])c1. The van der Waals surface area contributed by atoms with E-state index in [1.54, 1.807) is 12.1 Å². The van der Waals surface area contributed by atoms with Crippen molar-refractivity contribution in [1.29, 1.82) is 0 Å². The number of ketones is 1. The van der Waals surface area contributed by atoms with Crippen LogP contribution in [-0.2, 0) is 0 Å². The Labute approximate surface area is 121 Å². The minimum atomic E-state index is -0.487. The van der Waals surface area contributed by atoms with E-state index in [1.165, 1.54) is 30.3 Å². The Kier molecular flexibility index (Phi) is 5.29. The third kappa shape index (κ3) is 4.16. The number of nitro benzene ring substituents is 1. The summed E-state index contributed by atoms with van der Waals surface area (Å²) < 4.78 is 0. The predicted molar refractivity (Wildman–Crippen MR) is 80.7 cm³/mol. The summed E-state index contributed by atoms with van der Waals surface area (Å²) in [4.78, 5) is 26.7. The zero-order valence-corrected chi connectivity index (χ0v) is 11.9. The molecule has 0 saturated carbocycles. The molecule has 2 rings (SSSR count). The number of hydrogen-bond donors (Lipinski definition) is 0. The van der Waals surface area contributed by atoms with Crippen molar-refractivity contribution in [3.63, 3.8) is 0 Å². The second-order valence-electron chi connectivity index (χ2n) is 4.61. The van der Waals surface area contributed by atoms with Crippen molar-refractivity contribution in [3.05, 3.63) is 39.9 Å². The molecule has 0 fully saturated rings. The lowest BCUT2D eigenvalue weighted by molar-refractivity contribution is -0.384. The Bertz CT molecular complexity index is 543. The maximum absolute atomic E-state index is 12.0. The number of thioether (sulfide) groups is 1. The standard InChI is InChI=1S/C14H16N2O3S/c17-13(10-20-14-7-2-1-3-8-15-14)11-5-4-6-12(9-11)16(18)19/h4-6,9H,1-3,7-8,10H2. The van der Waals surface area contributed by atoms with Crippen molar-refractivity contribution < 1.29 is 9.72 Å². The number of Topliss-reactive ketones (excluding diaryl/α,β-unsaturated/α-hetero) is 1. The number of hydrogen-bond acceptors (Lipinski definition) is 5. The summed E-state index contributed by atoms with van der Waals surface area (Å²) in [7, 11) is 0. The van der Waals surface area contributed by atoms with Gasteiger partial charge in [0.25, 0.3) is 5.69 Å². The molecule has 1 aliphatic heterocycles. The Morgan fingerprint density at radius 1 is 1.35 bits per heavy atom. The van der Waals surface area contributed by atoms with E-state index in [1.807, 2.05) is 0 Å². The summed E-state index contributed by atoms with van der Waals surface area (Å²) in [5.74, 6) is 0.200. The zero-order valence-electron chi connectivity index (χ0n) is 11.1. The van der Waals surface area contributed by atoms with Crippen molar-refractivity contribution in [1.82, 2.24) is 0 Å². The highest BCUT2D eigenvalue weighted by Gasteiger charge is 2.13. The van der Waals surface area contributed by atoms with Gasteiger partial charge in [-0.25, -0.2) is 0 Å².